The number of hydrogen-bond acceptors (Lipinski definition) is 3. The number of aryl methyl sites for hydroxylation is 1. The van der Waals surface area contributed by atoms with Crippen molar-refractivity contribution in [2.24, 2.45) is 0 Å². The maximum Gasteiger partial charge on any atom is 0.405 e. The van der Waals surface area contributed by atoms with Crippen LogP contribution in [0.3, 0.4) is 0 Å². The largest absolute Gasteiger partial charge is 0.478 e. The summed E-state index contributed by atoms with van der Waals surface area (Å²) in [4.78, 5) is 10.5. The molecule has 0 amide bonds. The van der Waals surface area contributed by atoms with Crippen LogP contribution in [0.5, 0.6) is 0 Å². The molecule has 116 valence electrons. The van der Waals surface area contributed by atoms with E-state index in [2.05, 4.69) is 0 Å². The Hall–Kier alpha value is -1.61. The van der Waals surface area contributed by atoms with E-state index in [9.17, 15) is 26.4 Å². The molecule has 0 aromatic heterocycles. The highest BCUT2D eigenvalue weighted by Gasteiger charge is 2.53. The van der Waals surface area contributed by atoms with Gasteiger partial charge in [0.1, 0.15) is 6.04 Å². The number of aromatic carboxylic acids is 1. The molecule has 0 saturated carbocycles. The summed E-state index contributed by atoms with van der Waals surface area (Å²) in [5.41, 5.74) is 0.0811. The van der Waals surface area contributed by atoms with E-state index in [4.69, 9.17) is 5.11 Å². The Labute approximate surface area is 119 Å². The number of benzene rings is 1. The third kappa shape index (κ3) is 2.75. The van der Waals surface area contributed by atoms with Gasteiger partial charge < -0.3 is 5.11 Å². The highest BCUT2D eigenvalue weighted by Crippen LogP contribution is 2.37. The first-order valence-electron chi connectivity index (χ1n) is 5.97. The van der Waals surface area contributed by atoms with Crippen LogP contribution in [0.1, 0.15) is 22.3 Å². The molecule has 1 aliphatic rings. The molecule has 0 radical (unpaired) electrons. The van der Waals surface area contributed by atoms with E-state index in [1.165, 1.54) is 13.0 Å². The van der Waals surface area contributed by atoms with Crippen molar-refractivity contribution >= 4 is 16.0 Å². The first kappa shape index (κ1) is 15.8. The second-order valence-corrected chi connectivity index (χ2v) is 6.63. The lowest BCUT2D eigenvalue weighted by molar-refractivity contribution is -0.192. The number of alkyl halides is 3. The van der Waals surface area contributed by atoms with Crippen molar-refractivity contribution < 1.29 is 31.5 Å². The minimum absolute atomic E-state index is 0.233. The summed E-state index contributed by atoms with van der Waals surface area (Å²) in [6.45, 7) is 1.24. The van der Waals surface area contributed by atoms with Gasteiger partial charge in [0.2, 0.25) is 10.0 Å². The normalized spacial score (nSPS) is 20.1. The number of carboxylic acids is 1. The molecule has 1 aromatic carbocycles. The van der Waals surface area contributed by atoms with Crippen molar-refractivity contribution in [1.29, 1.82) is 0 Å². The van der Waals surface area contributed by atoms with Crippen LogP contribution in [0, 0.1) is 6.92 Å². The second kappa shape index (κ2) is 4.99. The summed E-state index contributed by atoms with van der Waals surface area (Å²) in [6, 6.07) is 1.22. The van der Waals surface area contributed by atoms with Gasteiger partial charge in [-0.3, -0.25) is 0 Å². The Balaban J connectivity index is 2.42. The van der Waals surface area contributed by atoms with Crippen molar-refractivity contribution in [2.45, 2.75) is 30.5 Å². The fourth-order valence-corrected chi connectivity index (χ4v) is 3.79. The lowest BCUT2D eigenvalue weighted by Gasteiger charge is -2.40. The molecule has 2 rings (SSSR count). The van der Waals surface area contributed by atoms with Crippen LogP contribution < -0.4 is 0 Å². The van der Waals surface area contributed by atoms with E-state index in [-0.39, 0.29) is 18.5 Å². The van der Waals surface area contributed by atoms with Crippen molar-refractivity contribution in [3.05, 3.63) is 29.3 Å². The van der Waals surface area contributed by atoms with E-state index in [0.29, 0.717) is 9.87 Å². The van der Waals surface area contributed by atoms with Gasteiger partial charge >= 0.3 is 12.1 Å². The minimum Gasteiger partial charge on any atom is -0.478 e. The van der Waals surface area contributed by atoms with Crippen molar-refractivity contribution in [2.75, 3.05) is 6.54 Å². The van der Waals surface area contributed by atoms with Gasteiger partial charge in [-0.1, -0.05) is 6.07 Å². The van der Waals surface area contributed by atoms with Crippen LogP contribution in [0.15, 0.2) is 23.1 Å². The molecular formula is C12H12F3NO4S. The molecule has 0 spiro atoms. The molecule has 1 aromatic rings. The number of carbonyl (C=O) groups is 1. The predicted molar refractivity (Wildman–Crippen MR) is 66.5 cm³/mol. The van der Waals surface area contributed by atoms with Crippen molar-refractivity contribution in [1.82, 2.24) is 4.31 Å². The van der Waals surface area contributed by atoms with E-state index < -0.39 is 33.1 Å². The fourth-order valence-electron chi connectivity index (χ4n) is 2.11. The van der Waals surface area contributed by atoms with Crippen molar-refractivity contribution in [3.63, 3.8) is 0 Å². The molecule has 1 aliphatic heterocycles. The predicted octanol–water partition coefficient (Wildman–Crippen LogP) is 2.02. The molecule has 1 atom stereocenters. The van der Waals surface area contributed by atoms with E-state index in [1.54, 1.807) is 0 Å². The van der Waals surface area contributed by atoms with Gasteiger partial charge in [0, 0.05) is 6.54 Å². The zero-order chi connectivity index (χ0) is 16.0. The van der Waals surface area contributed by atoms with Gasteiger partial charge in [-0.2, -0.15) is 17.5 Å². The molecule has 5 nitrogen and oxygen atoms in total. The zero-order valence-electron chi connectivity index (χ0n) is 10.9. The first-order chi connectivity index (χ1) is 9.55. The van der Waals surface area contributed by atoms with Crippen LogP contribution in [-0.4, -0.2) is 42.6 Å². The molecule has 1 unspecified atom stereocenters. The van der Waals surface area contributed by atoms with Crippen LogP contribution in [0.2, 0.25) is 0 Å². The molecule has 0 bridgehead atoms. The molecule has 9 heteroatoms. The number of carboxylic acid groups (broad SMARTS) is 1. The smallest absolute Gasteiger partial charge is 0.405 e. The molecule has 1 N–H and O–H groups in total. The summed E-state index contributed by atoms with van der Waals surface area (Å²) in [7, 11) is -4.36. The number of hydrogen-bond donors (Lipinski definition) is 1. The lowest BCUT2D eigenvalue weighted by Crippen LogP contribution is -2.57. The quantitative estimate of drug-likeness (QED) is 0.923. The first-order valence-corrected chi connectivity index (χ1v) is 7.41. The SMILES string of the molecule is Cc1ccc(S(=O)(=O)N2CCC2C(F)(F)F)cc1C(=O)O. The van der Waals surface area contributed by atoms with Gasteiger partial charge in [0.15, 0.2) is 0 Å². The Kier molecular flexibility index (Phi) is 3.75. The third-order valence-corrected chi connectivity index (χ3v) is 5.30. The maximum absolute atomic E-state index is 12.7. The monoisotopic (exact) mass is 323 g/mol. The number of halogens is 3. The van der Waals surface area contributed by atoms with Crippen LogP contribution >= 0.6 is 0 Å². The average Bonchev–Trinajstić information content (AvgIpc) is 2.23. The Morgan fingerprint density at radius 3 is 2.43 bits per heavy atom. The van der Waals surface area contributed by atoms with E-state index in [1.807, 2.05) is 0 Å². The number of nitrogens with zero attached hydrogens (tertiary/aromatic N) is 1. The van der Waals surface area contributed by atoms with Gasteiger partial charge in [-0.15, -0.1) is 0 Å². The Morgan fingerprint density at radius 2 is 2.00 bits per heavy atom. The molecule has 1 fully saturated rings. The highest BCUT2D eigenvalue weighted by molar-refractivity contribution is 7.89. The number of rotatable bonds is 3. The molecule has 1 saturated heterocycles. The zero-order valence-corrected chi connectivity index (χ0v) is 11.7. The maximum atomic E-state index is 12.7. The summed E-state index contributed by atoms with van der Waals surface area (Å²) in [6.07, 6.45) is -4.92. The standard InChI is InChI=1S/C12H12F3NO4S/c1-7-2-3-8(6-9(7)11(17)18)21(19,20)16-5-4-10(16)12(13,14)15/h2-3,6,10H,4-5H2,1H3,(H,17,18). The average molecular weight is 323 g/mol. The van der Waals surface area contributed by atoms with Gasteiger partial charge in [0.05, 0.1) is 10.5 Å². The summed E-state index contributed by atoms with van der Waals surface area (Å²) < 4.78 is 62.7. The summed E-state index contributed by atoms with van der Waals surface area (Å²) in [5, 5.41) is 8.96. The minimum atomic E-state index is -4.63. The Morgan fingerprint density at radius 1 is 1.38 bits per heavy atom. The third-order valence-electron chi connectivity index (χ3n) is 3.39. The van der Waals surface area contributed by atoms with Gasteiger partial charge in [-0.05, 0) is 31.0 Å². The Bertz CT molecular complexity index is 684. The summed E-state index contributed by atoms with van der Waals surface area (Å²) >= 11 is 0. The summed E-state index contributed by atoms with van der Waals surface area (Å²) in [5.74, 6) is -1.33. The number of sulfonamides is 1. The highest BCUT2D eigenvalue weighted by atomic mass is 32.2. The van der Waals surface area contributed by atoms with E-state index >= 15 is 0 Å². The van der Waals surface area contributed by atoms with Crippen LogP contribution in [0.4, 0.5) is 13.2 Å². The molecule has 21 heavy (non-hydrogen) atoms. The second-order valence-electron chi connectivity index (χ2n) is 4.74. The fraction of sp³-hybridized carbons (Fsp3) is 0.417. The molecule has 0 aliphatic carbocycles. The molecular weight excluding hydrogens is 311 g/mol. The molecule has 1 heterocycles. The van der Waals surface area contributed by atoms with Crippen LogP contribution in [-0.2, 0) is 10.0 Å². The van der Waals surface area contributed by atoms with Gasteiger partial charge in [-0.25, -0.2) is 13.2 Å². The van der Waals surface area contributed by atoms with Crippen molar-refractivity contribution in [3.8, 4) is 0 Å². The topological polar surface area (TPSA) is 74.7 Å². The van der Waals surface area contributed by atoms with Gasteiger partial charge in [0.25, 0.3) is 0 Å². The van der Waals surface area contributed by atoms with E-state index in [0.717, 1.165) is 12.1 Å². The van der Waals surface area contributed by atoms with Crippen LogP contribution in [0.25, 0.3) is 0 Å². The lowest BCUT2D eigenvalue weighted by atomic mass is 10.1.